The Morgan fingerprint density at radius 1 is 0.576 bits per heavy atom. The standard InChI is InChI=1S/C23H25BrN2O3S.C15H18N2O2S.C9H8BrNS.C9H9NOS.C8H6BrNS/c1-13(16-5-7-19(28-4)8-6-16)26-12-17(9-22(26)27)14(2)29-21-11-18(24)10-20-23(21)30-15(3)25-20;1-8-4-12-15(20-10(3)17-12)13(5-8)19-9(2)11-6-14(18)16-7-11;1-5-3-7(10)9-8(4-5)11-6(2)12-9;1-5-3-7-9(8(11)4-5)12-6(2)10-7;1-5-2-6(9)8-7(3-5)10-4-11-8/h5-8,10-11,13-14,17H,9,12H2,1-4H3;4-5,9,11H,6-7H2,1-3H3,(H,16,18);3-4H,1-2H3;3-4,11H,1-2H3;2-4H,1H3/t13-,14-,17-;9-,11-;;;/m11.../s1. The third kappa shape index (κ3) is 15.9. The number of carbonyl (C=O) groups excluding carboxylic acids is 2. The van der Waals surface area contributed by atoms with Gasteiger partial charge in [0.15, 0.2) is 0 Å². The van der Waals surface area contributed by atoms with Crippen LogP contribution in [0.5, 0.6) is 23.0 Å². The number of fused-ring (bicyclic) bond motifs is 5. The molecule has 5 atom stereocenters. The van der Waals surface area contributed by atoms with Crippen molar-refractivity contribution >= 4 is 167 Å². The lowest BCUT2D eigenvalue weighted by molar-refractivity contribution is -0.129. The van der Waals surface area contributed by atoms with E-state index in [2.05, 4.69) is 142 Å². The molecule has 6 aromatic carbocycles. The molecular formula is C64H66Br3N7O6S5. The molecule has 2 fully saturated rings. The predicted molar refractivity (Wildman–Crippen MR) is 363 cm³/mol. The lowest BCUT2D eigenvalue weighted by Gasteiger charge is -2.27. The molecule has 0 spiro atoms. The predicted octanol–water partition coefficient (Wildman–Crippen LogP) is 18.2. The van der Waals surface area contributed by atoms with Gasteiger partial charge in [0.05, 0.1) is 89.8 Å². The van der Waals surface area contributed by atoms with Crippen LogP contribution in [0.2, 0.25) is 0 Å². The number of likely N-dealkylation sites (tertiary alicyclic amines) is 1. The van der Waals surface area contributed by atoms with Crippen molar-refractivity contribution in [2.75, 3.05) is 20.2 Å². The minimum atomic E-state index is -0.0816. The van der Waals surface area contributed by atoms with Gasteiger partial charge in [0.25, 0.3) is 0 Å². The largest absolute Gasteiger partial charge is 0.506 e. The van der Waals surface area contributed by atoms with Gasteiger partial charge in [0.1, 0.15) is 35.2 Å². The van der Waals surface area contributed by atoms with Gasteiger partial charge in [0.2, 0.25) is 11.8 Å². The molecule has 13 nitrogen and oxygen atoms in total. The van der Waals surface area contributed by atoms with Crippen molar-refractivity contribution < 1.29 is 28.9 Å². The van der Waals surface area contributed by atoms with Crippen LogP contribution in [-0.2, 0) is 9.59 Å². The molecule has 85 heavy (non-hydrogen) atoms. The molecule has 0 bridgehead atoms. The lowest BCUT2D eigenvalue weighted by atomic mass is 10.0. The summed E-state index contributed by atoms with van der Waals surface area (Å²) in [5.41, 5.74) is 12.7. The fourth-order valence-corrected chi connectivity index (χ4v) is 16.2. The number of halogens is 3. The fourth-order valence-electron chi connectivity index (χ4n) is 10.1. The molecule has 0 radical (unpaired) electrons. The number of phenols is 1. The van der Waals surface area contributed by atoms with Gasteiger partial charge in [-0.15, -0.1) is 56.7 Å². The summed E-state index contributed by atoms with van der Waals surface area (Å²) < 4.78 is 26.5. The van der Waals surface area contributed by atoms with Crippen molar-refractivity contribution in [3.63, 3.8) is 0 Å². The Morgan fingerprint density at radius 3 is 1.64 bits per heavy atom. The number of aromatic nitrogens is 5. The van der Waals surface area contributed by atoms with E-state index < -0.39 is 0 Å². The number of nitrogens with zero attached hydrogens (tertiary/aromatic N) is 6. The topological polar surface area (TPSA) is 162 Å². The first-order valence-corrected chi connectivity index (χ1v) is 34.1. The lowest BCUT2D eigenvalue weighted by Crippen LogP contribution is -2.31. The van der Waals surface area contributed by atoms with Crippen LogP contribution in [0.25, 0.3) is 51.1 Å². The Hall–Kier alpha value is -5.65. The number of ether oxygens (including phenoxy) is 3. The van der Waals surface area contributed by atoms with Gasteiger partial charge in [-0.25, -0.2) is 24.9 Å². The molecule has 2 amide bonds. The van der Waals surface area contributed by atoms with Crippen LogP contribution < -0.4 is 19.5 Å². The molecule has 444 valence electrons. The van der Waals surface area contributed by atoms with Crippen LogP contribution in [0.4, 0.5) is 0 Å². The van der Waals surface area contributed by atoms with Crippen molar-refractivity contribution in [2.24, 2.45) is 11.8 Å². The quantitative estimate of drug-likeness (QED) is 0.141. The Kier molecular flexibility index (Phi) is 21.0. The first-order valence-electron chi connectivity index (χ1n) is 27.6. The zero-order valence-electron chi connectivity index (χ0n) is 49.2. The van der Waals surface area contributed by atoms with E-state index in [0.29, 0.717) is 31.7 Å². The third-order valence-corrected chi connectivity index (χ3v) is 21.5. The highest BCUT2D eigenvalue weighted by molar-refractivity contribution is 9.11. The number of nitrogens with one attached hydrogen (secondary N) is 1. The van der Waals surface area contributed by atoms with Crippen molar-refractivity contribution in [1.29, 1.82) is 0 Å². The molecule has 2 aliphatic rings. The van der Waals surface area contributed by atoms with Gasteiger partial charge in [-0.3, -0.25) is 9.59 Å². The van der Waals surface area contributed by atoms with Gasteiger partial charge < -0.3 is 29.5 Å². The normalized spacial score (nSPS) is 15.8. The van der Waals surface area contributed by atoms with Crippen LogP contribution in [0.3, 0.4) is 0 Å². The molecule has 2 saturated heterocycles. The van der Waals surface area contributed by atoms with Crippen molar-refractivity contribution in [2.45, 2.75) is 107 Å². The number of aryl methyl sites for hydroxylation is 8. The van der Waals surface area contributed by atoms with Gasteiger partial charge in [-0.05, 0) is 209 Å². The minimum Gasteiger partial charge on any atom is -0.506 e. The Labute approximate surface area is 540 Å². The molecule has 2 N–H and O–H groups in total. The SMILES string of the molecule is COc1ccc([C@@H](C)N2C[C@H]([C@@H](C)Oc3cc(Br)cc4nc(C)sc34)CC2=O)cc1.Cc1cc(Br)c2sc(C)nc2c1.Cc1cc(Br)c2scnc2c1.Cc1cc(O)c2sc(C)nc2c1.Cc1cc(O[C@H](C)[C@H]2CNC(=O)C2)c2sc(C)nc2c1. The zero-order valence-corrected chi connectivity index (χ0v) is 58.1. The van der Waals surface area contributed by atoms with E-state index in [9.17, 15) is 14.7 Å². The number of rotatable bonds is 9. The highest BCUT2D eigenvalue weighted by Gasteiger charge is 2.37. The van der Waals surface area contributed by atoms with E-state index in [-0.39, 0.29) is 41.9 Å². The fraction of sp³-hybridized carbons (Fsp3) is 0.328. The number of carbonyl (C=O) groups is 2. The maximum absolute atomic E-state index is 12.8. The van der Waals surface area contributed by atoms with Gasteiger partial charge in [-0.1, -0.05) is 28.1 Å². The first kappa shape index (κ1) is 63.8. The van der Waals surface area contributed by atoms with Crippen LogP contribution in [0.1, 0.15) is 87.5 Å². The zero-order chi connectivity index (χ0) is 61.0. The van der Waals surface area contributed by atoms with Gasteiger partial charge in [-0.2, -0.15) is 0 Å². The van der Waals surface area contributed by atoms with E-state index in [1.165, 1.54) is 31.9 Å². The number of hydrogen-bond acceptors (Lipinski definition) is 16. The van der Waals surface area contributed by atoms with Crippen LogP contribution in [0, 0.1) is 67.2 Å². The van der Waals surface area contributed by atoms with Gasteiger partial charge in [0, 0.05) is 51.2 Å². The molecular weight excluding hydrogens is 1360 g/mol. The smallest absolute Gasteiger partial charge is 0.223 e. The number of methoxy groups -OCH3 is 1. The number of benzene rings is 6. The summed E-state index contributed by atoms with van der Waals surface area (Å²) in [4.78, 5) is 48.1. The molecule has 21 heteroatoms. The average Bonchev–Trinajstić information content (AvgIpc) is 3.31. The number of amides is 2. The Bertz CT molecular complexity index is 4110. The number of phenolic OH excluding ortho intramolecular Hbond substituents is 1. The molecule has 2 aliphatic heterocycles. The summed E-state index contributed by atoms with van der Waals surface area (Å²) in [6.07, 6.45) is 0.988. The van der Waals surface area contributed by atoms with Crippen molar-refractivity contribution in [1.82, 2.24) is 35.1 Å². The molecule has 11 aromatic rings. The third-order valence-electron chi connectivity index (χ3n) is 14.4. The summed E-state index contributed by atoms with van der Waals surface area (Å²) in [6, 6.07) is 28.3. The highest BCUT2D eigenvalue weighted by atomic mass is 79.9. The Balaban J connectivity index is 0.000000135. The molecule has 0 aliphatic carbocycles. The maximum Gasteiger partial charge on any atom is 0.223 e. The molecule has 0 saturated carbocycles. The second-order valence-corrected chi connectivity index (χ2v) is 29.6. The number of thiazole rings is 5. The molecule has 7 heterocycles. The summed E-state index contributed by atoms with van der Waals surface area (Å²) in [7, 11) is 1.65. The summed E-state index contributed by atoms with van der Waals surface area (Å²) in [5.74, 6) is 3.55. The van der Waals surface area contributed by atoms with E-state index in [4.69, 9.17) is 14.2 Å². The second-order valence-electron chi connectivity index (χ2n) is 21.3. The number of aromatic hydroxyl groups is 1. The van der Waals surface area contributed by atoms with E-state index in [1.807, 2.05) is 101 Å². The second kappa shape index (κ2) is 28.0. The minimum absolute atomic E-state index is 0.0151. The first-order chi connectivity index (χ1) is 40.5. The van der Waals surface area contributed by atoms with Crippen molar-refractivity contribution in [3.8, 4) is 23.0 Å². The summed E-state index contributed by atoms with van der Waals surface area (Å²) in [5, 5.41) is 16.6. The number of hydrogen-bond donors (Lipinski definition) is 2. The summed E-state index contributed by atoms with van der Waals surface area (Å²) in [6.45, 7) is 23.7. The van der Waals surface area contributed by atoms with E-state index in [1.54, 1.807) is 58.5 Å². The van der Waals surface area contributed by atoms with Crippen LogP contribution in [0.15, 0.2) is 104 Å². The average molecular weight is 1430 g/mol. The van der Waals surface area contributed by atoms with Crippen LogP contribution >= 0.6 is 104 Å². The molecule has 5 aromatic heterocycles. The highest BCUT2D eigenvalue weighted by Crippen LogP contribution is 2.39. The van der Waals surface area contributed by atoms with E-state index >= 15 is 0 Å². The Morgan fingerprint density at radius 2 is 1.06 bits per heavy atom. The van der Waals surface area contributed by atoms with Gasteiger partial charge >= 0.3 is 0 Å². The molecule has 0 unspecified atom stereocenters. The summed E-state index contributed by atoms with van der Waals surface area (Å²) >= 11 is 18.8. The molecule has 13 rings (SSSR count). The van der Waals surface area contributed by atoms with Crippen molar-refractivity contribution in [3.05, 3.63) is 152 Å². The van der Waals surface area contributed by atoms with E-state index in [0.717, 1.165) is 109 Å². The monoisotopic (exact) mass is 1430 g/mol. The van der Waals surface area contributed by atoms with Crippen LogP contribution in [-0.4, -0.2) is 79.1 Å². The maximum atomic E-state index is 12.8.